The fourth-order valence-corrected chi connectivity index (χ4v) is 1.48. The smallest absolute Gasteiger partial charge is 0.282 e. The van der Waals surface area contributed by atoms with Crippen LogP contribution < -0.4 is 0 Å². The molecule has 0 aliphatic rings. The highest BCUT2D eigenvalue weighted by Crippen LogP contribution is 2.32. The SMILES string of the molecule is CCc1[nH]nc(C(F)(F)F)c1CCCl. The molecule has 6 heteroatoms. The minimum absolute atomic E-state index is 0.162. The number of halogens is 4. The largest absolute Gasteiger partial charge is 0.435 e. The standard InChI is InChI=1S/C8H10ClF3N2/c1-2-6-5(3-4-9)7(14-13-6)8(10,11)12/h2-4H2,1H3,(H,13,14). The Balaban J connectivity index is 3.10. The summed E-state index contributed by atoms with van der Waals surface area (Å²) in [7, 11) is 0. The summed E-state index contributed by atoms with van der Waals surface area (Å²) >= 11 is 5.43. The number of aryl methyl sites for hydroxylation is 1. The zero-order valence-corrected chi connectivity index (χ0v) is 8.34. The second-order valence-electron chi connectivity index (χ2n) is 2.82. The van der Waals surface area contributed by atoms with Gasteiger partial charge in [-0.1, -0.05) is 6.92 Å². The van der Waals surface area contributed by atoms with E-state index < -0.39 is 11.9 Å². The Kier molecular flexibility index (Phi) is 3.42. The summed E-state index contributed by atoms with van der Waals surface area (Å²) in [6.07, 6.45) is -3.71. The van der Waals surface area contributed by atoms with Gasteiger partial charge in [0.25, 0.3) is 0 Å². The van der Waals surface area contributed by atoms with Gasteiger partial charge in [0.05, 0.1) is 0 Å². The van der Waals surface area contributed by atoms with E-state index in [0.29, 0.717) is 12.1 Å². The van der Waals surface area contributed by atoms with Crippen LogP contribution in [0.3, 0.4) is 0 Å². The van der Waals surface area contributed by atoms with Crippen molar-refractivity contribution >= 4 is 11.6 Å². The lowest BCUT2D eigenvalue weighted by atomic mass is 10.1. The van der Waals surface area contributed by atoms with Crippen molar-refractivity contribution in [2.24, 2.45) is 0 Å². The summed E-state index contributed by atoms with van der Waals surface area (Å²) in [6.45, 7) is 1.77. The Morgan fingerprint density at radius 2 is 2.07 bits per heavy atom. The van der Waals surface area contributed by atoms with Crippen molar-refractivity contribution < 1.29 is 13.2 Å². The van der Waals surface area contributed by atoms with Crippen LogP contribution in [0.4, 0.5) is 13.2 Å². The summed E-state index contributed by atoms with van der Waals surface area (Å²) in [5, 5.41) is 5.65. The minimum Gasteiger partial charge on any atom is -0.282 e. The normalized spacial score (nSPS) is 12.1. The average Bonchev–Trinajstić information content (AvgIpc) is 2.47. The van der Waals surface area contributed by atoms with Gasteiger partial charge in [-0.05, 0) is 12.8 Å². The molecule has 0 spiro atoms. The number of hydrogen-bond donors (Lipinski definition) is 1. The number of H-pyrrole nitrogens is 1. The highest BCUT2D eigenvalue weighted by Gasteiger charge is 2.37. The molecule has 14 heavy (non-hydrogen) atoms. The van der Waals surface area contributed by atoms with E-state index >= 15 is 0 Å². The van der Waals surface area contributed by atoms with Crippen LogP contribution in [0.25, 0.3) is 0 Å². The molecule has 1 aromatic rings. The van der Waals surface area contributed by atoms with Crippen molar-refractivity contribution in [3.8, 4) is 0 Å². The molecule has 0 radical (unpaired) electrons. The fourth-order valence-electron chi connectivity index (χ4n) is 1.29. The van der Waals surface area contributed by atoms with Crippen molar-refractivity contribution in [2.45, 2.75) is 25.9 Å². The Bertz CT molecular complexity index is 306. The molecular weight excluding hydrogens is 217 g/mol. The zero-order chi connectivity index (χ0) is 10.8. The summed E-state index contributed by atoms with van der Waals surface area (Å²) in [5.41, 5.74) is -0.136. The number of hydrogen-bond acceptors (Lipinski definition) is 1. The third-order valence-electron chi connectivity index (χ3n) is 1.92. The van der Waals surface area contributed by atoms with Crippen molar-refractivity contribution in [3.63, 3.8) is 0 Å². The van der Waals surface area contributed by atoms with E-state index in [2.05, 4.69) is 10.2 Å². The van der Waals surface area contributed by atoms with Gasteiger partial charge >= 0.3 is 6.18 Å². The molecule has 0 unspecified atom stereocenters. The van der Waals surface area contributed by atoms with Crippen molar-refractivity contribution in [3.05, 3.63) is 17.0 Å². The summed E-state index contributed by atoms with van der Waals surface area (Å²) in [4.78, 5) is 0. The van der Waals surface area contributed by atoms with Crippen LogP contribution in [0.5, 0.6) is 0 Å². The molecule has 2 nitrogen and oxygen atoms in total. The minimum atomic E-state index is -4.40. The molecule has 0 fully saturated rings. The van der Waals surface area contributed by atoms with E-state index in [1.54, 1.807) is 6.92 Å². The van der Waals surface area contributed by atoms with E-state index in [0.717, 1.165) is 0 Å². The maximum Gasteiger partial charge on any atom is 0.435 e. The first-order valence-electron chi connectivity index (χ1n) is 4.20. The van der Waals surface area contributed by atoms with E-state index in [1.807, 2.05) is 0 Å². The maximum absolute atomic E-state index is 12.4. The van der Waals surface area contributed by atoms with Crippen LogP contribution in [0.1, 0.15) is 23.9 Å². The molecule has 0 bridgehead atoms. The number of nitrogens with one attached hydrogen (secondary N) is 1. The molecule has 0 saturated carbocycles. The van der Waals surface area contributed by atoms with Gasteiger partial charge in [-0.2, -0.15) is 18.3 Å². The third kappa shape index (κ3) is 2.20. The van der Waals surface area contributed by atoms with Gasteiger partial charge in [0.1, 0.15) is 0 Å². The quantitative estimate of drug-likeness (QED) is 0.789. The van der Waals surface area contributed by atoms with E-state index in [4.69, 9.17) is 11.6 Å². The number of nitrogens with zero attached hydrogens (tertiary/aromatic N) is 1. The number of rotatable bonds is 3. The fraction of sp³-hybridized carbons (Fsp3) is 0.625. The van der Waals surface area contributed by atoms with Gasteiger partial charge in [-0.15, -0.1) is 11.6 Å². The molecule has 1 heterocycles. The molecule has 1 aromatic heterocycles. The van der Waals surface area contributed by atoms with Gasteiger partial charge in [-0.3, -0.25) is 5.10 Å². The van der Waals surface area contributed by atoms with Gasteiger partial charge in [-0.25, -0.2) is 0 Å². The molecule has 0 amide bonds. The van der Waals surface area contributed by atoms with E-state index in [9.17, 15) is 13.2 Å². The number of aromatic nitrogens is 2. The monoisotopic (exact) mass is 226 g/mol. The van der Waals surface area contributed by atoms with E-state index in [1.165, 1.54) is 0 Å². The predicted molar refractivity (Wildman–Crippen MR) is 47.4 cm³/mol. The lowest BCUT2D eigenvalue weighted by molar-refractivity contribution is -0.141. The third-order valence-corrected chi connectivity index (χ3v) is 2.11. The Hall–Kier alpha value is -0.710. The van der Waals surface area contributed by atoms with E-state index in [-0.39, 0.29) is 17.9 Å². The Labute approximate surface area is 84.5 Å². The van der Waals surface area contributed by atoms with Gasteiger partial charge in [0.15, 0.2) is 5.69 Å². The number of aromatic amines is 1. The first-order valence-corrected chi connectivity index (χ1v) is 4.73. The molecule has 0 atom stereocenters. The molecule has 0 aromatic carbocycles. The van der Waals surface area contributed by atoms with Crippen LogP contribution in [0.2, 0.25) is 0 Å². The average molecular weight is 227 g/mol. The van der Waals surface area contributed by atoms with Crippen LogP contribution in [-0.2, 0) is 19.0 Å². The summed E-state index contributed by atoms with van der Waals surface area (Å²) < 4.78 is 37.2. The highest BCUT2D eigenvalue weighted by molar-refractivity contribution is 6.18. The van der Waals surface area contributed by atoms with Gasteiger partial charge < -0.3 is 0 Å². The first-order chi connectivity index (χ1) is 6.50. The number of alkyl halides is 4. The highest BCUT2D eigenvalue weighted by atomic mass is 35.5. The molecule has 0 saturated heterocycles. The van der Waals surface area contributed by atoms with Crippen molar-refractivity contribution in [1.82, 2.24) is 10.2 Å². The second kappa shape index (κ2) is 4.21. The summed E-state index contributed by atoms with van der Waals surface area (Å²) in [5.74, 6) is 0.162. The molecule has 80 valence electrons. The zero-order valence-electron chi connectivity index (χ0n) is 7.58. The van der Waals surface area contributed by atoms with Gasteiger partial charge in [0.2, 0.25) is 0 Å². The van der Waals surface area contributed by atoms with Crippen molar-refractivity contribution in [2.75, 3.05) is 5.88 Å². The Morgan fingerprint density at radius 3 is 2.50 bits per heavy atom. The van der Waals surface area contributed by atoms with Crippen LogP contribution in [0, 0.1) is 0 Å². The summed E-state index contributed by atoms with van der Waals surface area (Å²) in [6, 6.07) is 0. The Morgan fingerprint density at radius 1 is 1.43 bits per heavy atom. The second-order valence-corrected chi connectivity index (χ2v) is 3.20. The topological polar surface area (TPSA) is 28.7 Å². The maximum atomic E-state index is 12.4. The molecular formula is C8H10ClF3N2. The molecule has 0 aliphatic heterocycles. The molecule has 1 rings (SSSR count). The van der Waals surface area contributed by atoms with Crippen LogP contribution >= 0.6 is 11.6 Å². The first kappa shape index (κ1) is 11.4. The molecule has 0 aliphatic carbocycles. The lowest BCUT2D eigenvalue weighted by Crippen LogP contribution is -2.09. The van der Waals surface area contributed by atoms with Crippen LogP contribution in [0.15, 0.2) is 0 Å². The van der Waals surface area contributed by atoms with Crippen LogP contribution in [-0.4, -0.2) is 16.1 Å². The predicted octanol–water partition coefficient (Wildman–Crippen LogP) is 2.77. The molecule has 1 N–H and O–H groups in total. The van der Waals surface area contributed by atoms with Crippen molar-refractivity contribution in [1.29, 1.82) is 0 Å². The van der Waals surface area contributed by atoms with Gasteiger partial charge in [0, 0.05) is 17.1 Å². The lowest BCUT2D eigenvalue weighted by Gasteiger charge is -2.05.